The molecule has 0 spiro atoms. The van der Waals surface area contributed by atoms with E-state index in [1.54, 1.807) is 0 Å². The Hall–Kier alpha value is -1.12. The number of hydrogen-bond donors (Lipinski definition) is 2. The Morgan fingerprint density at radius 3 is 2.40 bits per heavy atom. The number of sulfonamides is 1. The van der Waals surface area contributed by atoms with Crippen molar-refractivity contribution >= 4 is 10.0 Å². The zero-order valence-electron chi connectivity index (χ0n) is 10.5. The minimum Gasteiger partial charge on any atom is -0.328 e. The van der Waals surface area contributed by atoms with E-state index >= 15 is 0 Å². The molecule has 4 nitrogen and oxygen atoms in total. The maximum atomic E-state index is 12.8. The molecule has 1 aliphatic rings. The van der Waals surface area contributed by atoms with Crippen molar-refractivity contribution in [1.82, 2.24) is 4.72 Å². The van der Waals surface area contributed by atoms with Gasteiger partial charge in [0.2, 0.25) is 10.0 Å². The topological polar surface area (TPSA) is 72.2 Å². The molecule has 0 amide bonds. The van der Waals surface area contributed by atoms with E-state index in [1.807, 2.05) is 0 Å². The first-order valence-corrected chi connectivity index (χ1v) is 7.60. The maximum absolute atomic E-state index is 12.8. The number of alkyl halides is 3. The average Bonchev–Trinajstić information content (AvgIpc) is 2.32. The Kier molecular flexibility index (Phi) is 4.08. The third kappa shape index (κ3) is 3.31. The summed E-state index contributed by atoms with van der Waals surface area (Å²) in [7, 11) is -4.17. The zero-order chi connectivity index (χ0) is 15.0. The Morgan fingerprint density at radius 1 is 1.25 bits per heavy atom. The molecule has 0 atom stereocenters. The summed E-state index contributed by atoms with van der Waals surface area (Å²) in [6.07, 6.45) is -3.34. The van der Waals surface area contributed by atoms with Crippen molar-refractivity contribution in [2.24, 2.45) is 11.7 Å². The highest BCUT2D eigenvalue weighted by atomic mass is 32.2. The summed E-state index contributed by atoms with van der Waals surface area (Å²) in [6.45, 7) is 0.113. The van der Waals surface area contributed by atoms with E-state index in [0.717, 1.165) is 18.2 Å². The quantitative estimate of drug-likeness (QED) is 0.889. The van der Waals surface area contributed by atoms with Crippen LogP contribution in [0.3, 0.4) is 0 Å². The molecule has 0 radical (unpaired) electrons. The molecule has 0 saturated heterocycles. The lowest BCUT2D eigenvalue weighted by Crippen LogP contribution is -2.42. The van der Waals surface area contributed by atoms with Crippen LogP contribution in [0, 0.1) is 5.92 Å². The molecule has 1 aromatic carbocycles. The molecule has 112 valence electrons. The fraction of sp³-hybridized carbons (Fsp3) is 0.500. The molecule has 8 heteroatoms. The van der Waals surface area contributed by atoms with Crippen LogP contribution in [-0.2, 0) is 16.2 Å². The van der Waals surface area contributed by atoms with Crippen LogP contribution in [0.15, 0.2) is 29.2 Å². The van der Waals surface area contributed by atoms with Crippen molar-refractivity contribution in [3.8, 4) is 0 Å². The van der Waals surface area contributed by atoms with Gasteiger partial charge in [0.05, 0.1) is 10.5 Å². The van der Waals surface area contributed by atoms with Crippen LogP contribution in [0.5, 0.6) is 0 Å². The molecule has 0 heterocycles. The van der Waals surface area contributed by atoms with Gasteiger partial charge in [0.25, 0.3) is 0 Å². The summed E-state index contributed by atoms with van der Waals surface area (Å²) in [4.78, 5) is -0.740. The first-order valence-electron chi connectivity index (χ1n) is 6.11. The molecular weight excluding hydrogens is 293 g/mol. The highest BCUT2D eigenvalue weighted by molar-refractivity contribution is 7.89. The van der Waals surface area contributed by atoms with Crippen molar-refractivity contribution in [2.75, 3.05) is 6.54 Å². The summed E-state index contributed by atoms with van der Waals surface area (Å²) < 4.78 is 64.6. The largest absolute Gasteiger partial charge is 0.417 e. The molecule has 0 unspecified atom stereocenters. The first-order chi connectivity index (χ1) is 9.20. The van der Waals surface area contributed by atoms with Crippen LogP contribution in [0.25, 0.3) is 0 Å². The molecule has 1 fully saturated rings. The van der Waals surface area contributed by atoms with E-state index in [9.17, 15) is 21.6 Å². The number of nitrogens with two attached hydrogens (primary N) is 1. The van der Waals surface area contributed by atoms with Gasteiger partial charge in [0.15, 0.2) is 0 Å². The van der Waals surface area contributed by atoms with Gasteiger partial charge in [-0.15, -0.1) is 0 Å². The Morgan fingerprint density at radius 2 is 1.85 bits per heavy atom. The minimum atomic E-state index is -4.70. The van der Waals surface area contributed by atoms with Crippen LogP contribution >= 0.6 is 0 Å². The summed E-state index contributed by atoms with van der Waals surface area (Å²) in [5.74, 6) is 0.0952. The van der Waals surface area contributed by atoms with Gasteiger partial charge in [-0.1, -0.05) is 12.1 Å². The van der Waals surface area contributed by atoms with Crippen LogP contribution in [0.2, 0.25) is 0 Å². The summed E-state index contributed by atoms with van der Waals surface area (Å²) in [5, 5.41) is 0. The number of halogens is 3. The number of benzene rings is 1. The van der Waals surface area contributed by atoms with Crippen LogP contribution in [0.1, 0.15) is 18.4 Å². The predicted molar refractivity (Wildman–Crippen MR) is 67.3 cm³/mol. The number of hydrogen-bond acceptors (Lipinski definition) is 3. The highest BCUT2D eigenvalue weighted by Crippen LogP contribution is 2.34. The lowest BCUT2D eigenvalue weighted by Gasteiger charge is -2.32. The fourth-order valence-electron chi connectivity index (χ4n) is 2.19. The second-order valence-electron chi connectivity index (χ2n) is 4.94. The average molecular weight is 308 g/mol. The third-order valence-electron chi connectivity index (χ3n) is 3.32. The molecule has 20 heavy (non-hydrogen) atoms. The summed E-state index contributed by atoms with van der Waals surface area (Å²) in [5.41, 5.74) is 4.42. The van der Waals surface area contributed by atoms with E-state index in [0.29, 0.717) is 12.8 Å². The van der Waals surface area contributed by atoms with Gasteiger partial charge < -0.3 is 5.73 Å². The molecule has 1 aliphatic carbocycles. The van der Waals surface area contributed by atoms with Gasteiger partial charge in [-0.25, -0.2) is 13.1 Å². The minimum absolute atomic E-state index is 0.0620. The van der Waals surface area contributed by atoms with Crippen molar-refractivity contribution in [3.05, 3.63) is 29.8 Å². The molecule has 0 aromatic heterocycles. The SMILES string of the molecule is NC1CC(CNS(=O)(=O)c2ccccc2C(F)(F)F)C1. The maximum Gasteiger partial charge on any atom is 0.417 e. The molecule has 0 bridgehead atoms. The fourth-order valence-corrected chi connectivity index (χ4v) is 3.54. The Bertz CT molecular complexity index is 581. The normalized spacial score (nSPS) is 23.4. The zero-order valence-corrected chi connectivity index (χ0v) is 11.3. The summed E-state index contributed by atoms with van der Waals surface area (Å²) >= 11 is 0. The molecule has 0 aliphatic heterocycles. The lowest BCUT2D eigenvalue weighted by atomic mass is 9.81. The predicted octanol–water partition coefficient (Wildman–Crippen LogP) is 1.72. The lowest BCUT2D eigenvalue weighted by molar-refractivity contribution is -0.139. The van der Waals surface area contributed by atoms with E-state index in [1.165, 1.54) is 6.07 Å². The van der Waals surface area contributed by atoms with Crippen molar-refractivity contribution in [1.29, 1.82) is 0 Å². The van der Waals surface area contributed by atoms with E-state index in [4.69, 9.17) is 5.73 Å². The van der Waals surface area contributed by atoms with E-state index < -0.39 is 26.7 Å². The smallest absolute Gasteiger partial charge is 0.328 e. The molecule has 1 saturated carbocycles. The monoisotopic (exact) mass is 308 g/mol. The van der Waals surface area contributed by atoms with Gasteiger partial charge in [-0.2, -0.15) is 13.2 Å². The number of rotatable bonds is 4. The Labute approximate surface area is 115 Å². The van der Waals surface area contributed by atoms with Gasteiger partial charge in [0, 0.05) is 12.6 Å². The standard InChI is InChI=1S/C12H15F3N2O2S/c13-12(14,15)10-3-1-2-4-11(10)20(18,19)17-7-8-5-9(16)6-8/h1-4,8-9,17H,5-7,16H2. The van der Waals surface area contributed by atoms with E-state index in [-0.39, 0.29) is 18.5 Å². The van der Waals surface area contributed by atoms with Crippen LogP contribution < -0.4 is 10.5 Å². The van der Waals surface area contributed by atoms with Gasteiger partial charge in [0.1, 0.15) is 0 Å². The van der Waals surface area contributed by atoms with Crippen molar-refractivity contribution in [3.63, 3.8) is 0 Å². The van der Waals surface area contributed by atoms with Gasteiger partial charge in [-0.3, -0.25) is 0 Å². The first kappa shape index (κ1) is 15.3. The van der Waals surface area contributed by atoms with Crippen LogP contribution in [0.4, 0.5) is 13.2 Å². The van der Waals surface area contributed by atoms with Crippen molar-refractivity contribution in [2.45, 2.75) is 30.0 Å². The van der Waals surface area contributed by atoms with Crippen LogP contribution in [-0.4, -0.2) is 21.0 Å². The highest BCUT2D eigenvalue weighted by Gasteiger charge is 2.37. The Balaban J connectivity index is 2.17. The number of nitrogens with one attached hydrogen (secondary N) is 1. The molecule has 2 rings (SSSR count). The third-order valence-corrected chi connectivity index (χ3v) is 4.80. The molecular formula is C12H15F3N2O2S. The van der Waals surface area contributed by atoms with E-state index in [2.05, 4.69) is 4.72 Å². The van der Waals surface area contributed by atoms with Gasteiger partial charge in [-0.05, 0) is 30.9 Å². The van der Waals surface area contributed by atoms with Gasteiger partial charge >= 0.3 is 6.18 Å². The second kappa shape index (κ2) is 5.34. The second-order valence-corrected chi connectivity index (χ2v) is 6.68. The van der Waals surface area contributed by atoms with Crippen molar-refractivity contribution < 1.29 is 21.6 Å². The molecule has 3 N–H and O–H groups in total. The summed E-state index contributed by atoms with van der Waals surface area (Å²) in [6, 6.07) is 4.20. The molecule has 1 aromatic rings.